The number of para-hydroxylation sites is 1. The summed E-state index contributed by atoms with van der Waals surface area (Å²) in [4.78, 5) is 0. The molecule has 0 radical (unpaired) electrons. The van der Waals surface area contributed by atoms with Gasteiger partial charge in [-0.2, -0.15) is 0 Å². The van der Waals surface area contributed by atoms with Crippen LogP contribution in [0.15, 0.2) is 103 Å². The summed E-state index contributed by atoms with van der Waals surface area (Å²) in [6.45, 7) is 0. The normalized spacial score (nSPS) is 20.2. The second-order valence-electron chi connectivity index (χ2n) is 7.67. The summed E-state index contributed by atoms with van der Waals surface area (Å²) in [7, 11) is 0. The number of fused-ring (bicyclic) bond motifs is 1. The van der Waals surface area contributed by atoms with Crippen molar-refractivity contribution in [3.05, 3.63) is 125 Å². The molecule has 0 fully saturated rings. The van der Waals surface area contributed by atoms with Gasteiger partial charge >= 0.3 is 0 Å². The molecule has 5 rings (SSSR count). The Morgan fingerprint density at radius 2 is 1.10 bits per heavy atom. The van der Waals surface area contributed by atoms with Gasteiger partial charge < -0.3 is 14.9 Å². The smallest absolute Gasteiger partial charge is 0.131 e. The largest absolute Gasteiger partial charge is 0.508 e. The molecule has 3 nitrogen and oxygen atoms in total. The first-order valence-corrected chi connectivity index (χ1v) is 10.1. The van der Waals surface area contributed by atoms with Gasteiger partial charge in [0.1, 0.15) is 23.4 Å². The van der Waals surface area contributed by atoms with E-state index in [4.69, 9.17) is 4.74 Å². The van der Waals surface area contributed by atoms with Gasteiger partial charge in [0, 0.05) is 17.4 Å². The second kappa shape index (κ2) is 7.60. The molecule has 4 aromatic rings. The first-order valence-electron chi connectivity index (χ1n) is 10.1. The molecule has 30 heavy (non-hydrogen) atoms. The van der Waals surface area contributed by atoms with E-state index in [1.807, 2.05) is 48.5 Å². The van der Waals surface area contributed by atoms with Crippen molar-refractivity contribution < 1.29 is 14.9 Å². The molecular weight excluding hydrogens is 372 g/mol. The van der Waals surface area contributed by atoms with Gasteiger partial charge in [-0.3, -0.25) is 0 Å². The van der Waals surface area contributed by atoms with Gasteiger partial charge in [0.25, 0.3) is 0 Å². The third-order valence-electron chi connectivity index (χ3n) is 5.85. The lowest BCUT2D eigenvalue weighted by atomic mass is 9.71. The molecule has 0 unspecified atom stereocenters. The third kappa shape index (κ3) is 3.29. The van der Waals surface area contributed by atoms with E-state index in [2.05, 4.69) is 30.3 Å². The minimum absolute atomic E-state index is 0.0233. The van der Waals surface area contributed by atoms with Crippen LogP contribution in [0.3, 0.4) is 0 Å². The van der Waals surface area contributed by atoms with E-state index in [1.165, 1.54) is 5.56 Å². The van der Waals surface area contributed by atoms with E-state index in [0.717, 1.165) is 22.4 Å². The standard InChI is InChI=1S/C27H22O3/c28-21-14-10-19(11-15-21)25-23-8-4-5-9-24(23)30-27(20-12-16-22(29)17-13-20)26(25)18-6-2-1-3-7-18/h1-17,25-29H/t25-,26+,27-/m0/s1. The molecule has 0 saturated carbocycles. The number of aromatic hydroxyl groups is 2. The Kier molecular flexibility index (Phi) is 4.64. The predicted molar refractivity (Wildman–Crippen MR) is 117 cm³/mol. The first kappa shape index (κ1) is 18.3. The molecule has 148 valence electrons. The molecule has 1 aliphatic rings. The molecule has 1 heterocycles. The molecule has 0 bridgehead atoms. The van der Waals surface area contributed by atoms with Crippen LogP contribution in [0.2, 0.25) is 0 Å². The van der Waals surface area contributed by atoms with Crippen LogP contribution in [0.5, 0.6) is 17.2 Å². The number of phenolic OH excluding ortho intramolecular Hbond substituents is 2. The SMILES string of the molecule is Oc1ccc([C@H]2c3ccccc3O[C@@H](c3ccc(O)cc3)[C@@H]2c2ccccc2)cc1. The summed E-state index contributed by atoms with van der Waals surface area (Å²) in [6.07, 6.45) is -0.221. The fraction of sp³-hybridized carbons (Fsp3) is 0.111. The van der Waals surface area contributed by atoms with Gasteiger partial charge in [0.2, 0.25) is 0 Å². The van der Waals surface area contributed by atoms with Crippen LogP contribution in [-0.4, -0.2) is 10.2 Å². The van der Waals surface area contributed by atoms with Gasteiger partial charge in [-0.1, -0.05) is 72.8 Å². The highest BCUT2D eigenvalue weighted by atomic mass is 16.5. The quantitative estimate of drug-likeness (QED) is 0.438. The zero-order chi connectivity index (χ0) is 20.5. The maximum Gasteiger partial charge on any atom is 0.131 e. The van der Waals surface area contributed by atoms with E-state index >= 15 is 0 Å². The third-order valence-corrected chi connectivity index (χ3v) is 5.85. The molecule has 4 aromatic carbocycles. The van der Waals surface area contributed by atoms with E-state index < -0.39 is 0 Å². The Morgan fingerprint density at radius 3 is 1.77 bits per heavy atom. The number of rotatable bonds is 3. The molecule has 0 aromatic heterocycles. The number of ether oxygens (including phenoxy) is 1. The zero-order valence-corrected chi connectivity index (χ0v) is 16.3. The summed E-state index contributed by atoms with van der Waals surface area (Å²) in [6, 6.07) is 33.3. The van der Waals surface area contributed by atoms with E-state index in [1.54, 1.807) is 24.3 Å². The van der Waals surface area contributed by atoms with Crippen molar-refractivity contribution in [3.63, 3.8) is 0 Å². The van der Waals surface area contributed by atoms with Crippen molar-refractivity contribution in [2.75, 3.05) is 0 Å². The van der Waals surface area contributed by atoms with Crippen molar-refractivity contribution in [1.82, 2.24) is 0 Å². The Balaban J connectivity index is 1.73. The van der Waals surface area contributed by atoms with Gasteiger partial charge in [0.05, 0.1) is 0 Å². The lowest BCUT2D eigenvalue weighted by Crippen LogP contribution is -2.29. The van der Waals surface area contributed by atoms with Crippen LogP contribution < -0.4 is 4.74 Å². The summed E-state index contributed by atoms with van der Waals surface area (Å²) >= 11 is 0. The summed E-state index contributed by atoms with van der Waals surface area (Å²) < 4.78 is 6.57. The van der Waals surface area contributed by atoms with Crippen LogP contribution >= 0.6 is 0 Å². The molecule has 3 heteroatoms. The fourth-order valence-electron chi connectivity index (χ4n) is 4.47. The van der Waals surface area contributed by atoms with Crippen molar-refractivity contribution in [2.45, 2.75) is 17.9 Å². The highest BCUT2D eigenvalue weighted by molar-refractivity contribution is 5.50. The predicted octanol–water partition coefficient (Wildman–Crippen LogP) is 6.15. The summed E-state index contributed by atoms with van der Waals surface area (Å²) in [5.74, 6) is 1.43. The maximum atomic E-state index is 9.84. The Morgan fingerprint density at radius 1 is 0.533 bits per heavy atom. The number of benzene rings is 4. The highest BCUT2D eigenvalue weighted by Crippen LogP contribution is 2.53. The van der Waals surface area contributed by atoms with Crippen LogP contribution in [0.4, 0.5) is 0 Å². The zero-order valence-electron chi connectivity index (χ0n) is 16.3. The Labute approximate surface area is 175 Å². The minimum atomic E-state index is -0.221. The Bertz CT molecular complexity index is 1130. The highest BCUT2D eigenvalue weighted by Gasteiger charge is 2.40. The number of hydrogen-bond acceptors (Lipinski definition) is 3. The molecule has 0 saturated heterocycles. The average molecular weight is 394 g/mol. The minimum Gasteiger partial charge on any atom is -0.508 e. The topological polar surface area (TPSA) is 49.7 Å². The molecule has 1 aliphatic heterocycles. The molecule has 0 amide bonds. The summed E-state index contributed by atoms with van der Waals surface area (Å²) in [5, 5.41) is 19.6. The first-order chi connectivity index (χ1) is 14.7. The maximum absolute atomic E-state index is 9.84. The second-order valence-corrected chi connectivity index (χ2v) is 7.67. The molecule has 3 atom stereocenters. The Hall–Kier alpha value is -3.72. The van der Waals surface area contributed by atoms with E-state index in [0.29, 0.717) is 0 Å². The van der Waals surface area contributed by atoms with Gasteiger partial charge in [-0.25, -0.2) is 0 Å². The van der Waals surface area contributed by atoms with Gasteiger partial charge in [0.15, 0.2) is 0 Å². The number of hydrogen-bond donors (Lipinski definition) is 2. The van der Waals surface area contributed by atoms with Gasteiger partial charge in [-0.05, 0) is 47.0 Å². The van der Waals surface area contributed by atoms with Gasteiger partial charge in [-0.15, -0.1) is 0 Å². The lowest BCUT2D eigenvalue weighted by molar-refractivity contribution is 0.141. The van der Waals surface area contributed by atoms with Crippen LogP contribution in [0, 0.1) is 0 Å². The van der Waals surface area contributed by atoms with Crippen molar-refractivity contribution in [3.8, 4) is 17.2 Å². The lowest BCUT2D eigenvalue weighted by Gasteiger charge is -2.40. The number of phenols is 2. The van der Waals surface area contributed by atoms with Crippen molar-refractivity contribution in [1.29, 1.82) is 0 Å². The van der Waals surface area contributed by atoms with Crippen LogP contribution in [0.1, 0.15) is 40.2 Å². The van der Waals surface area contributed by atoms with E-state index in [-0.39, 0.29) is 29.4 Å². The molecule has 0 spiro atoms. The average Bonchev–Trinajstić information content (AvgIpc) is 2.79. The van der Waals surface area contributed by atoms with E-state index in [9.17, 15) is 10.2 Å². The van der Waals surface area contributed by atoms with Crippen LogP contribution in [-0.2, 0) is 0 Å². The van der Waals surface area contributed by atoms with Crippen molar-refractivity contribution >= 4 is 0 Å². The molecule has 0 aliphatic carbocycles. The monoisotopic (exact) mass is 394 g/mol. The fourth-order valence-corrected chi connectivity index (χ4v) is 4.47. The van der Waals surface area contributed by atoms with Crippen molar-refractivity contribution in [2.24, 2.45) is 0 Å². The summed E-state index contributed by atoms with van der Waals surface area (Å²) in [5.41, 5.74) is 4.45. The molecule has 2 N–H and O–H groups in total. The molecular formula is C27H22O3. The van der Waals surface area contributed by atoms with Crippen LogP contribution in [0.25, 0.3) is 0 Å².